The molecule has 1 fully saturated rings. The van der Waals surface area contributed by atoms with Crippen LogP contribution in [0.25, 0.3) is 0 Å². The molecule has 0 aliphatic carbocycles. The number of nitrogens with one attached hydrogen (secondary N) is 1. The number of amidine groups is 1. The second kappa shape index (κ2) is 7.30. The highest BCUT2D eigenvalue weighted by atomic mass is 16.5. The average Bonchev–Trinajstić information content (AvgIpc) is 2.41. The van der Waals surface area contributed by atoms with E-state index in [0.717, 1.165) is 19.5 Å². The number of oxime groups is 1. The van der Waals surface area contributed by atoms with Crippen molar-refractivity contribution in [2.45, 2.75) is 31.7 Å². The lowest BCUT2D eigenvalue weighted by Gasteiger charge is -2.40. The van der Waals surface area contributed by atoms with Gasteiger partial charge in [0, 0.05) is 19.7 Å². The van der Waals surface area contributed by atoms with Gasteiger partial charge in [-0.3, -0.25) is 4.79 Å². The van der Waals surface area contributed by atoms with E-state index in [4.69, 9.17) is 15.7 Å². The summed E-state index contributed by atoms with van der Waals surface area (Å²) in [7, 11) is 2.00. The topological polar surface area (TPSA) is 100 Å². The van der Waals surface area contributed by atoms with Crippen LogP contribution in [0, 0.1) is 0 Å². The van der Waals surface area contributed by atoms with Gasteiger partial charge in [-0.2, -0.15) is 0 Å². The number of piperidine rings is 1. The Morgan fingerprint density at radius 3 is 2.68 bits per heavy atom. The Bertz CT molecular complexity index is 325. The lowest BCUT2D eigenvalue weighted by molar-refractivity contribution is -0.127. The molecule has 0 radical (unpaired) electrons. The summed E-state index contributed by atoms with van der Waals surface area (Å²) in [5, 5.41) is 14.8. The van der Waals surface area contributed by atoms with Crippen LogP contribution >= 0.6 is 0 Å². The number of amides is 1. The third-order valence-corrected chi connectivity index (χ3v) is 3.40. The molecule has 4 N–H and O–H groups in total. The molecule has 0 atom stereocenters. The maximum Gasteiger partial charge on any atom is 0.246 e. The zero-order chi connectivity index (χ0) is 14.3. The third-order valence-electron chi connectivity index (χ3n) is 3.40. The summed E-state index contributed by atoms with van der Waals surface area (Å²) in [5.74, 6) is -0.172. The highest BCUT2D eigenvalue weighted by molar-refractivity contribution is 5.94. The maximum atomic E-state index is 11.9. The van der Waals surface area contributed by atoms with Crippen LogP contribution in [-0.4, -0.2) is 60.7 Å². The SMILES string of the molecule is CCCOCC(=O)NC1(C(N)=NO)CCN(C)CC1. The standard InChI is InChI=1S/C12H24N4O3/c1-3-8-19-9-10(17)14-12(11(13)15-18)4-6-16(2)7-5-12/h18H,3-9H2,1-2H3,(H2,13,15)(H,14,17). The number of hydrogen-bond donors (Lipinski definition) is 3. The van der Waals surface area contributed by atoms with Gasteiger partial charge in [-0.15, -0.1) is 0 Å². The van der Waals surface area contributed by atoms with Crippen LogP contribution in [-0.2, 0) is 9.53 Å². The van der Waals surface area contributed by atoms with Crippen molar-refractivity contribution in [1.29, 1.82) is 0 Å². The molecule has 0 aromatic heterocycles. The van der Waals surface area contributed by atoms with Crippen molar-refractivity contribution in [3.05, 3.63) is 0 Å². The monoisotopic (exact) mass is 272 g/mol. The maximum absolute atomic E-state index is 11.9. The van der Waals surface area contributed by atoms with Gasteiger partial charge in [0.1, 0.15) is 12.1 Å². The van der Waals surface area contributed by atoms with Crippen LogP contribution < -0.4 is 11.1 Å². The van der Waals surface area contributed by atoms with E-state index in [1.54, 1.807) is 0 Å². The molecular weight excluding hydrogens is 248 g/mol. The highest BCUT2D eigenvalue weighted by Crippen LogP contribution is 2.22. The molecule has 0 aromatic carbocycles. The van der Waals surface area contributed by atoms with Crippen LogP contribution in [0.15, 0.2) is 5.16 Å². The number of rotatable bonds is 6. The Balaban J connectivity index is 2.63. The quantitative estimate of drug-likeness (QED) is 0.203. The van der Waals surface area contributed by atoms with Crippen LogP contribution in [0.5, 0.6) is 0 Å². The van der Waals surface area contributed by atoms with E-state index < -0.39 is 5.54 Å². The van der Waals surface area contributed by atoms with Gasteiger partial charge in [0.05, 0.1) is 0 Å². The largest absolute Gasteiger partial charge is 0.409 e. The molecule has 0 spiro atoms. The molecule has 1 heterocycles. The Hall–Kier alpha value is -1.34. The first-order valence-corrected chi connectivity index (χ1v) is 6.59. The van der Waals surface area contributed by atoms with Gasteiger partial charge in [-0.1, -0.05) is 12.1 Å². The Labute approximate surface area is 113 Å². The highest BCUT2D eigenvalue weighted by Gasteiger charge is 2.39. The van der Waals surface area contributed by atoms with E-state index in [2.05, 4.69) is 15.4 Å². The fourth-order valence-corrected chi connectivity index (χ4v) is 2.15. The summed E-state index contributed by atoms with van der Waals surface area (Å²) in [5.41, 5.74) is 5.00. The van der Waals surface area contributed by atoms with Crippen LogP contribution in [0.3, 0.4) is 0 Å². The molecule has 1 saturated heterocycles. The minimum absolute atomic E-state index is 0.00411. The number of likely N-dealkylation sites (tertiary alicyclic amines) is 1. The summed E-state index contributed by atoms with van der Waals surface area (Å²) in [6, 6.07) is 0. The summed E-state index contributed by atoms with van der Waals surface area (Å²) in [4.78, 5) is 14.0. The minimum Gasteiger partial charge on any atom is -0.409 e. The minimum atomic E-state index is -0.756. The average molecular weight is 272 g/mol. The molecule has 7 heteroatoms. The molecule has 0 unspecified atom stereocenters. The van der Waals surface area contributed by atoms with Crippen molar-refractivity contribution < 1.29 is 14.7 Å². The van der Waals surface area contributed by atoms with Gasteiger partial charge in [-0.05, 0) is 26.3 Å². The molecule has 0 bridgehead atoms. The van der Waals surface area contributed by atoms with Gasteiger partial charge >= 0.3 is 0 Å². The Kier molecular flexibility index (Phi) is 6.04. The van der Waals surface area contributed by atoms with Gasteiger partial charge in [0.25, 0.3) is 0 Å². The van der Waals surface area contributed by atoms with Gasteiger partial charge in [-0.25, -0.2) is 0 Å². The van der Waals surface area contributed by atoms with Gasteiger partial charge < -0.3 is 25.9 Å². The normalized spacial score (nSPS) is 20.2. The lowest BCUT2D eigenvalue weighted by atomic mass is 9.86. The Morgan fingerprint density at radius 2 is 2.16 bits per heavy atom. The molecule has 7 nitrogen and oxygen atoms in total. The Morgan fingerprint density at radius 1 is 1.53 bits per heavy atom. The van der Waals surface area contributed by atoms with E-state index in [9.17, 15) is 4.79 Å². The number of hydrogen-bond acceptors (Lipinski definition) is 5. The number of ether oxygens (including phenoxy) is 1. The summed E-state index contributed by atoms with van der Waals surface area (Å²) in [6.07, 6.45) is 2.11. The van der Waals surface area contributed by atoms with Crippen LogP contribution in [0.1, 0.15) is 26.2 Å². The first-order chi connectivity index (χ1) is 9.04. The second-order valence-electron chi connectivity index (χ2n) is 4.97. The van der Waals surface area contributed by atoms with E-state index in [1.807, 2.05) is 14.0 Å². The van der Waals surface area contributed by atoms with E-state index >= 15 is 0 Å². The first-order valence-electron chi connectivity index (χ1n) is 6.59. The molecule has 1 aliphatic heterocycles. The number of carbonyl (C=O) groups is 1. The molecular formula is C12H24N4O3. The van der Waals surface area contributed by atoms with E-state index in [1.165, 1.54) is 0 Å². The van der Waals surface area contributed by atoms with Crippen molar-refractivity contribution in [2.24, 2.45) is 10.9 Å². The zero-order valence-corrected chi connectivity index (χ0v) is 11.7. The second-order valence-corrected chi connectivity index (χ2v) is 4.97. The van der Waals surface area contributed by atoms with Gasteiger partial charge in [0.15, 0.2) is 5.84 Å². The number of nitrogens with zero attached hydrogens (tertiary/aromatic N) is 2. The van der Waals surface area contributed by atoms with Crippen molar-refractivity contribution >= 4 is 11.7 Å². The fourth-order valence-electron chi connectivity index (χ4n) is 2.15. The molecule has 110 valence electrons. The molecule has 1 aliphatic rings. The molecule has 1 rings (SSSR count). The van der Waals surface area contributed by atoms with Crippen molar-refractivity contribution in [3.63, 3.8) is 0 Å². The number of nitrogens with two attached hydrogens (primary N) is 1. The smallest absolute Gasteiger partial charge is 0.246 e. The van der Waals surface area contributed by atoms with Crippen LogP contribution in [0.4, 0.5) is 0 Å². The van der Waals surface area contributed by atoms with Crippen molar-refractivity contribution in [2.75, 3.05) is 33.4 Å². The summed E-state index contributed by atoms with van der Waals surface area (Å²) < 4.78 is 5.20. The van der Waals surface area contributed by atoms with Gasteiger partial charge in [0.2, 0.25) is 5.91 Å². The lowest BCUT2D eigenvalue weighted by Crippen LogP contribution is -2.62. The van der Waals surface area contributed by atoms with E-state index in [0.29, 0.717) is 19.4 Å². The molecule has 0 aromatic rings. The predicted molar refractivity (Wildman–Crippen MR) is 72.1 cm³/mol. The third kappa shape index (κ3) is 4.36. The molecule has 19 heavy (non-hydrogen) atoms. The van der Waals surface area contributed by atoms with Crippen molar-refractivity contribution in [3.8, 4) is 0 Å². The van der Waals surface area contributed by atoms with Crippen molar-refractivity contribution in [1.82, 2.24) is 10.2 Å². The first kappa shape index (κ1) is 15.7. The summed E-state index contributed by atoms with van der Waals surface area (Å²) in [6.45, 7) is 4.10. The number of carbonyl (C=O) groups excluding carboxylic acids is 1. The fraction of sp³-hybridized carbons (Fsp3) is 0.833. The zero-order valence-electron chi connectivity index (χ0n) is 11.7. The summed E-state index contributed by atoms with van der Waals surface area (Å²) >= 11 is 0. The molecule has 0 saturated carbocycles. The predicted octanol–water partition coefficient (Wildman–Crippen LogP) is -0.260. The molecule has 1 amide bonds. The van der Waals surface area contributed by atoms with Crippen LogP contribution in [0.2, 0.25) is 0 Å². The van der Waals surface area contributed by atoms with E-state index in [-0.39, 0.29) is 18.3 Å².